The molecule has 0 aliphatic carbocycles. The summed E-state index contributed by atoms with van der Waals surface area (Å²) in [6.45, 7) is 6.43. The lowest BCUT2D eigenvalue weighted by Gasteiger charge is -2.30. The number of fused-ring (bicyclic) bond motifs is 3. The van der Waals surface area contributed by atoms with Crippen molar-refractivity contribution >= 4 is 23.7 Å². The maximum Gasteiger partial charge on any atom is 0.407 e. The average Bonchev–Trinajstić information content (AvgIpc) is 3.15. The number of benzene rings is 1. The fourth-order valence-corrected chi connectivity index (χ4v) is 3.72. The van der Waals surface area contributed by atoms with E-state index in [1.54, 1.807) is 7.05 Å². The summed E-state index contributed by atoms with van der Waals surface area (Å²) in [5.41, 5.74) is 2.74. The van der Waals surface area contributed by atoms with Crippen molar-refractivity contribution < 1.29 is 18.9 Å². The smallest absolute Gasteiger partial charge is 0.407 e. The van der Waals surface area contributed by atoms with Gasteiger partial charge in [0.05, 0.1) is 6.61 Å². The highest BCUT2D eigenvalue weighted by Crippen LogP contribution is 2.35. The number of likely N-dealkylation sites (N-methyl/N-ethyl adjacent to an activating group) is 2. The summed E-state index contributed by atoms with van der Waals surface area (Å²) < 4.78 is 9.67. The number of para-hydroxylation sites is 2. The lowest BCUT2D eigenvalue weighted by molar-refractivity contribution is -0.682. The summed E-state index contributed by atoms with van der Waals surface area (Å²) >= 11 is 0. The van der Waals surface area contributed by atoms with Crippen LogP contribution in [0.15, 0.2) is 29.3 Å². The van der Waals surface area contributed by atoms with Gasteiger partial charge in [-0.1, -0.05) is 17.1 Å². The Balaban J connectivity index is 1.97. The lowest BCUT2D eigenvalue weighted by Crippen LogP contribution is -2.62. The van der Waals surface area contributed by atoms with Crippen LogP contribution in [0.4, 0.5) is 10.7 Å². The molecule has 0 N–H and O–H groups in total. The zero-order valence-electron chi connectivity index (χ0n) is 16.1. The molecule has 27 heavy (non-hydrogen) atoms. The molecule has 1 atom stereocenters. The van der Waals surface area contributed by atoms with E-state index in [0.717, 1.165) is 27.7 Å². The van der Waals surface area contributed by atoms with Gasteiger partial charge in [-0.2, -0.15) is 4.57 Å². The molecule has 3 heterocycles. The van der Waals surface area contributed by atoms with E-state index in [2.05, 4.69) is 0 Å². The molecule has 3 amide bonds. The molecule has 1 saturated heterocycles. The summed E-state index contributed by atoms with van der Waals surface area (Å²) in [7, 11) is 3.14. The minimum atomic E-state index is -0.632. The number of amidine groups is 1. The van der Waals surface area contributed by atoms with Crippen LogP contribution in [-0.2, 0) is 4.79 Å². The standard InChI is InChI=1S/C19H22N5O3/c1-6-27-14-10-8-7-9-13(14)23-11(2)12(3)24-15-16(20-18(23)24)21(4)19(26)22(5)17(15)25/h7-10,15H,6H2,1-5H3/q+1. The molecule has 8 nitrogen and oxygen atoms in total. The van der Waals surface area contributed by atoms with Gasteiger partial charge in [0.15, 0.2) is 5.75 Å². The van der Waals surface area contributed by atoms with E-state index >= 15 is 0 Å². The second kappa shape index (κ2) is 5.94. The van der Waals surface area contributed by atoms with Crippen LogP contribution in [-0.4, -0.2) is 52.8 Å². The largest absolute Gasteiger partial charge is 0.490 e. The summed E-state index contributed by atoms with van der Waals surface area (Å²) in [4.78, 5) is 32.4. The maximum absolute atomic E-state index is 12.8. The van der Waals surface area contributed by atoms with Gasteiger partial charge in [0.2, 0.25) is 11.9 Å². The van der Waals surface area contributed by atoms with Crippen molar-refractivity contribution in [3.05, 3.63) is 35.7 Å². The molecule has 0 saturated carbocycles. The van der Waals surface area contributed by atoms with Crippen LogP contribution in [0.2, 0.25) is 0 Å². The molecule has 2 aromatic rings. The van der Waals surface area contributed by atoms with Gasteiger partial charge in [0.25, 0.3) is 5.91 Å². The van der Waals surface area contributed by atoms with E-state index in [-0.39, 0.29) is 11.9 Å². The molecule has 0 radical (unpaired) electrons. The quantitative estimate of drug-likeness (QED) is 0.777. The third-order valence-corrected chi connectivity index (χ3v) is 5.24. The van der Waals surface area contributed by atoms with Crippen LogP contribution in [0.5, 0.6) is 5.75 Å². The first-order valence-electron chi connectivity index (χ1n) is 8.88. The molecule has 1 fully saturated rings. The second-order valence-corrected chi connectivity index (χ2v) is 6.69. The average molecular weight is 368 g/mol. The van der Waals surface area contributed by atoms with Crippen molar-refractivity contribution in [2.75, 3.05) is 20.7 Å². The molecule has 8 heteroatoms. The molecule has 1 unspecified atom stereocenters. The first-order chi connectivity index (χ1) is 12.9. The molecule has 1 aromatic carbocycles. The summed E-state index contributed by atoms with van der Waals surface area (Å²) in [6.07, 6.45) is 0. The molecule has 2 aliphatic heterocycles. The molecule has 0 spiro atoms. The molecule has 1 aromatic heterocycles. The van der Waals surface area contributed by atoms with Crippen molar-refractivity contribution in [2.24, 2.45) is 4.99 Å². The van der Waals surface area contributed by atoms with Crippen LogP contribution in [0.3, 0.4) is 0 Å². The fourth-order valence-electron chi connectivity index (χ4n) is 3.72. The van der Waals surface area contributed by atoms with E-state index < -0.39 is 6.04 Å². The molecular formula is C19H22N5O3+. The summed E-state index contributed by atoms with van der Waals surface area (Å²) in [5.74, 6) is 1.52. The van der Waals surface area contributed by atoms with E-state index in [9.17, 15) is 9.59 Å². The van der Waals surface area contributed by atoms with Crippen molar-refractivity contribution in [3.8, 4) is 11.4 Å². The molecule has 4 rings (SSSR count). The Kier molecular flexibility index (Phi) is 3.80. The van der Waals surface area contributed by atoms with Gasteiger partial charge >= 0.3 is 12.0 Å². The highest BCUT2D eigenvalue weighted by molar-refractivity contribution is 6.18. The normalized spacial score (nSPS) is 18.6. The Labute approximate surface area is 157 Å². The van der Waals surface area contributed by atoms with Gasteiger partial charge in [-0.15, -0.1) is 0 Å². The predicted octanol–water partition coefficient (Wildman–Crippen LogP) is 1.89. The molecule has 2 aliphatic rings. The molecular weight excluding hydrogens is 346 g/mol. The maximum atomic E-state index is 12.8. The second-order valence-electron chi connectivity index (χ2n) is 6.69. The number of carbonyl (C=O) groups excluding carboxylic acids is 2. The van der Waals surface area contributed by atoms with Crippen molar-refractivity contribution in [1.82, 2.24) is 14.4 Å². The van der Waals surface area contributed by atoms with E-state index in [1.165, 1.54) is 11.9 Å². The zero-order chi connectivity index (χ0) is 19.5. The Morgan fingerprint density at radius 2 is 1.85 bits per heavy atom. The van der Waals surface area contributed by atoms with Crippen molar-refractivity contribution in [2.45, 2.75) is 26.8 Å². The van der Waals surface area contributed by atoms with Gasteiger partial charge in [-0.3, -0.25) is 14.6 Å². The van der Waals surface area contributed by atoms with Crippen molar-refractivity contribution in [1.29, 1.82) is 0 Å². The number of hydrogen-bond donors (Lipinski definition) is 0. The van der Waals surface area contributed by atoms with Crippen LogP contribution in [0, 0.1) is 13.8 Å². The Morgan fingerprint density at radius 1 is 1.15 bits per heavy atom. The van der Waals surface area contributed by atoms with Gasteiger partial charge in [-0.05, 0) is 32.9 Å². The van der Waals surface area contributed by atoms with E-state index in [4.69, 9.17) is 9.73 Å². The topological polar surface area (TPSA) is 71.0 Å². The van der Waals surface area contributed by atoms with Crippen molar-refractivity contribution in [3.63, 3.8) is 0 Å². The number of amides is 3. The molecule has 0 bridgehead atoms. The number of hydrogen-bond acceptors (Lipinski definition) is 4. The fraction of sp³-hybridized carbons (Fsp3) is 0.368. The minimum absolute atomic E-state index is 0.279. The number of nitrogens with zero attached hydrogens (tertiary/aromatic N) is 5. The summed E-state index contributed by atoms with van der Waals surface area (Å²) in [6, 6.07) is 6.72. The third-order valence-electron chi connectivity index (χ3n) is 5.24. The van der Waals surface area contributed by atoms with Gasteiger partial charge in [0, 0.05) is 14.1 Å². The number of aromatic nitrogens is 2. The number of carbonyl (C=O) groups is 2. The molecule has 140 valence electrons. The number of urea groups is 1. The van der Waals surface area contributed by atoms with E-state index in [0.29, 0.717) is 18.4 Å². The monoisotopic (exact) mass is 368 g/mol. The van der Waals surface area contributed by atoms with Crippen LogP contribution in [0.1, 0.15) is 24.4 Å². The van der Waals surface area contributed by atoms with Crippen LogP contribution < -0.4 is 9.30 Å². The van der Waals surface area contributed by atoms with Crippen LogP contribution in [0.25, 0.3) is 5.69 Å². The highest BCUT2D eigenvalue weighted by Gasteiger charge is 2.53. The Bertz CT molecular complexity index is 1010. The van der Waals surface area contributed by atoms with Gasteiger partial charge in [-0.25, -0.2) is 9.36 Å². The predicted molar refractivity (Wildman–Crippen MR) is 98.7 cm³/mol. The number of imide groups is 1. The number of rotatable bonds is 3. The third kappa shape index (κ3) is 2.22. The number of aliphatic imine (C=N–C) groups is 1. The number of imidazole rings is 1. The van der Waals surface area contributed by atoms with Crippen LogP contribution >= 0.6 is 0 Å². The van der Waals surface area contributed by atoms with Gasteiger partial charge in [0.1, 0.15) is 17.1 Å². The zero-order valence-corrected chi connectivity index (χ0v) is 16.1. The Hall–Kier alpha value is -3.16. The van der Waals surface area contributed by atoms with E-state index in [1.807, 2.05) is 54.2 Å². The first kappa shape index (κ1) is 17.3. The summed E-state index contributed by atoms with van der Waals surface area (Å²) in [5, 5.41) is 0. The van der Waals surface area contributed by atoms with Gasteiger partial charge < -0.3 is 4.74 Å². The number of ether oxygens (including phenoxy) is 1. The first-order valence-corrected chi connectivity index (χ1v) is 8.88. The Morgan fingerprint density at radius 3 is 2.56 bits per heavy atom. The lowest BCUT2D eigenvalue weighted by atomic mass is 10.1. The SMILES string of the molecule is CCOc1ccccc1-n1c(C)c(C)[n+]2c1N=C1C2C(=O)N(C)C(=O)N1C. The minimum Gasteiger partial charge on any atom is -0.490 e. The highest BCUT2D eigenvalue weighted by atomic mass is 16.5.